The van der Waals surface area contributed by atoms with Gasteiger partial charge in [-0.05, 0) is 30.5 Å². The molecule has 2 aromatic carbocycles. The average molecular weight is 339 g/mol. The minimum Gasteiger partial charge on any atom is -0.325 e. The Morgan fingerprint density at radius 2 is 1.92 bits per heavy atom. The first-order valence-corrected chi connectivity index (χ1v) is 8.80. The normalized spacial score (nSPS) is 10.7. The number of amides is 1. The minimum absolute atomic E-state index is 0.104. The molecule has 0 aliphatic carbocycles. The summed E-state index contributed by atoms with van der Waals surface area (Å²) in [4.78, 5) is 32.3. The molecule has 6 heteroatoms. The second kappa shape index (κ2) is 7.31. The lowest BCUT2D eigenvalue weighted by Gasteiger charge is -2.09. The lowest BCUT2D eigenvalue weighted by atomic mass is 10.2. The molecule has 122 valence electrons. The van der Waals surface area contributed by atoms with Crippen LogP contribution in [0.4, 0.5) is 5.69 Å². The monoisotopic (exact) mass is 339 g/mol. The van der Waals surface area contributed by atoms with Crippen LogP contribution in [0, 0.1) is 0 Å². The highest BCUT2D eigenvalue weighted by atomic mass is 32.2. The number of fused-ring (bicyclic) bond motifs is 1. The van der Waals surface area contributed by atoms with Gasteiger partial charge >= 0.3 is 0 Å². The third-order valence-electron chi connectivity index (χ3n) is 3.63. The third kappa shape index (κ3) is 3.65. The van der Waals surface area contributed by atoms with E-state index in [4.69, 9.17) is 0 Å². The zero-order valence-electron chi connectivity index (χ0n) is 13.2. The van der Waals surface area contributed by atoms with Crippen molar-refractivity contribution >= 4 is 34.3 Å². The summed E-state index contributed by atoms with van der Waals surface area (Å²) in [5.74, 6) is 0.416. The van der Waals surface area contributed by atoms with Crippen LogP contribution in [0.5, 0.6) is 0 Å². The largest absolute Gasteiger partial charge is 0.325 e. The summed E-state index contributed by atoms with van der Waals surface area (Å²) in [5, 5.41) is 3.46. The Morgan fingerprint density at radius 3 is 2.75 bits per heavy atom. The summed E-state index contributed by atoms with van der Waals surface area (Å²) in [5.41, 5.74) is 1.27. The third-order valence-corrected chi connectivity index (χ3v) is 4.43. The second-order valence-corrected chi connectivity index (χ2v) is 6.13. The Hall–Kier alpha value is -2.60. The number of para-hydroxylation sites is 2. The van der Waals surface area contributed by atoms with Crippen LogP contribution in [0.15, 0.2) is 58.2 Å². The topological polar surface area (TPSA) is 74.8 Å². The lowest BCUT2D eigenvalue weighted by Crippen LogP contribution is -2.16. The number of H-pyrrole nitrogens is 1. The van der Waals surface area contributed by atoms with Gasteiger partial charge in [-0.2, -0.15) is 0 Å². The molecule has 5 nitrogen and oxygen atoms in total. The summed E-state index contributed by atoms with van der Waals surface area (Å²) in [6.45, 7) is 0. The lowest BCUT2D eigenvalue weighted by molar-refractivity contribution is -0.116. The zero-order chi connectivity index (χ0) is 16.9. The molecule has 1 amide bonds. The molecule has 3 rings (SSSR count). The van der Waals surface area contributed by atoms with Crippen molar-refractivity contribution in [2.75, 3.05) is 11.6 Å². The number of hydrogen-bond acceptors (Lipinski definition) is 4. The molecule has 0 bridgehead atoms. The molecule has 3 aromatic rings. The molecule has 0 aliphatic rings. The van der Waals surface area contributed by atoms with Crippen LogP contribution >= 0.6 is 11.8 Å². The van der Waals surface area contributed by atoms with E-state index in [0.29, 0.717) is 23.1 Å². The fourth-order valence-electron chi connectivity index (χ4n) is 2.45. The van der Waals surface area contributed by atoms with E-state index < -0.39 is 0 Å². The predicted molar refractivity (Wildman–Crippen MR) is 97.5 cm³/mol. The second-order valence-electron chi connectivity index (χ2n) is 5.28. The Balaban J connectivity index is 1.69. The first-order chi connectivity index (χ1) is 11.7. The number of carbonyl (C=O) groups is 1. The number of aryl methyl sites for hydroxylation is 1. The molecule has 0 fully saturated rings. The number of hydrogen-bond donors (Lipinski definition) is 2. The van der Waals surface area contributed by atoms with E-state index in [-0.39, 0.29) is 17.9 Å². The molecular formula is C18H17N3O2S. The number of carbonyl (C=O) groups excluding carboxylic acids is 1. The number of rotatable bonds is 5. The van der Waals surface area contributed by atoms with Crippen molar-refractivity contribution in [2.45, 2.75) is 17.7 Å². The van der Waals surface area contributed by atoms with Crippen LogP contribution in [0.1, 0.15) is 12.2 Å². The van der Waals surface area contributed by atoms with E-state index in [1.54, 1.807) is 30.0 Å². The average Bonchev–Trinajstić information content (AvgIpc) is 2.60. The van der Waals surface area contributed by atoms with Crippen molar-refractivity contribution in [2.24, 2.45) is 0 Å². The first-order valence-electron chi connectivity index (χ1n) is 7.58. The van der Waals surface area contributed by atoms with Crippen molar-refractivity contribution in [1.82, 2.24) is 9.97 Å². The van der Waals surface area contributed by atoms with E-state index in [9.17, 15) is 9.59 Å². The summed E-state index contributed by atoms with van der Waals surface area (Å²) in [6.07, 6.45) is 2.60. The number of aromatic nitrogens is 2. The summed E-state index contributed by atoms with van der Waals surface area (Å²) < 4.78 is 0. The molecule has 0 unspecified atom stereocenters. The summed E-state index contributed by atoms with van der Waals surface area (Å²) in [7, 11) is 0. The highest BCUT2D eigenvalue weighted by Crippen LogP contribution is 2.24. The number of benzene rings is 2. The quantitative estimate of drug-likeness (QED) is 0.700. The number of nitrogens with zero attached hydrogens (tertiary/aromatic N) is 1. The van der Waals surface area contributed by atoms with Gasteiger partial charge in [-0.25, -0.2) is 4.98 Å². The van der Waals surface area contributed by atoms with Crippen molar-refractivity contribution < 1.29 is 4.79 Å². The number of anilines is 1. The Morgan fingerprint density at radius 1 is 1.17 bits per heavy atom. The van der Waals surface area contributed by atoms with Gasteiger partial charge in [-0.3, -0.25) is 9.59 Å². The van der Waals surface area contributed by atoms with Crippen LogP contribution in [0.2, 0.25) is 0 Å². The van der Waals surface area contributed by atoms with Gasteiger partial charge in [0.25, 0.3) is 5.56 Å². The van der Waals surface area contributed by atoms with Gasteiger partial charge in [-0.1, -0.05) is 24.3 Å². The molecule has 1 aromatic heterocycles. The Kier molecular flexibility index (Phi) is 4.96. The molecular weight excluding hydrogens is 322 g/mol. The standard InChI is InChI=1S/C18H17N3O2S/c1-24-15-9-5-4-8-14(15)20-17(22)11-10-16-19-13-7-3-2-6-12(13)18(23)21-16/h2-9H,10-11H2,1H3,(H,20,22)(H,19,21,23). The minimum atomic E-state index is -0.177. The van der Waals surface area contributed by atoms with E-state index >= 15 is 0 Å². The maximum absolute atomic E-state index is 12.2. The smallest absolute Gasteiger partial charge is 0.258 e. The molecule has 0 spiro atoms. The van der Waals surface area contributed by atoms with Crippen molar-refractivity contribution in [3.8, 4) is 0 Å². The van der Waals surface area contributed by atoms with Crippen LogP contribution in [-0.4, -0.2) is 22.1 Å². The van der Waals surface area contributed by atoms with Gasteiger partial charge in [0.15, 0.2) is 0 Å². The van der Waals surface area contributed by atoms with E-state index in [0.717, 1.165) is 10.6 Å². The van der Waals surface area contributed by atoms with Crippen molar-refractivity contribution in [3.05, 3.63) is 64.7 Å². The maximum atomic E-state index is 12.2. The molecule has 0 atom stereocenters. The molecule has 0 saturated carbocycles. The van der Waals surface area contributed by atoms with Crippen LogP contribution in [0.3, 0.4) is 0 Å². The number of nitrogens with one attached hydrogen (secondary N) is 2. The summed E-state index contributed by atoms with van der Waals surface area (Å²) >= 11 is 1.58. The maximum Gasteiger partial charge on any atom is 0.258 e. The van der Waals surface area contributed by atoms with Gasteiger partial charge in [-0.15, -0.1) is 11.8 Å². The van der Waals surface area contributed by atoms with Crippen LogP contribution < -0.4 is 10.9 Å². The molecule has 1 heterocycles. The predicted octanol–water partition coefficient (Wildman–Crippen LogP) is 3.22. The SMILES string of the molecule is CSc1ccccc1NC(=O)CCc1nc2ccccc2c(=O)[nH]1. The summed E-state index contributed by atoms with van der Waals surface area (Å²) in [6, 6.07) is 14.8. The van der Waals surface area contributed by atoms with Gasteiger partial charge in [0, 0.05) is 17.7 Å². The molecule has 24 heavy (non-hydrogen) atoms. The number of thioether (sulfide) groups is 1. The van der Waals surface area contributed by atoms with Crippen LogP contribution in [0.25, 0.3) is 10.9 Å². The van der Waals surface area contributed by atoms with Gasteiger partial charge in [0.2, 0.25) is 5.91 Å². The zero-order valence-corrected chi connectivity index (χ0v) is 14.0. The molecule has 2 N–H and O–H groups in total. The molecule has 0 saturated heterocycles. The van der Waals surface area contributed by atoms with E-state index in [1.807, 2.05) is 36.6 Å². The van der Waals surface area contributed by atoms with Gasteiger partial charge < -0.3 is 10.3 Å². The van der Waals surface area contributed by atoms with E-state index in [2.05, 4.69) is 15.3 Å². The first kappa shape index (κ1) is 16.3. The highest BCUT2D eigenvalue weighted by Gasteiger charge is 2.08. The highest BCUT2D eigenvalue weighted by molar-refractivity contribution is 7.98. The van der Waals surface area contributed by atoms with Crippen molar-refractivity contribution in [3.63, 3.8) is 0 Å². The van der Waals surface area contributed by atoms with E-state index in [1.165, 1.54) is 0 Å². The number of aromatic amines is 1. The Labute approximate surface area is 143 Å². The fraction of sp³-hybridized carbons (Fsp3) is 0.167. The molecule has 0 radical (unpaired) electrons. The fourth-order valence-corrected chi connectivity index (χ4v) is 3.00. The van der Waals surface area contributed by atoms with Gasteiger partial charge in [0.05, 0.1) is 16.6 Å². The van der Waals surface area contributed by atoms with Gasteiger partial charge in [0.1, 0.15) is 5.82 Å². The Bertz CT molecular complexity index is 937. The van der Waals surface area contributed by atoms with Crippen molar-refractivity contribution in [1.29, 1.82) is 0 Å². The van der Waals surface area contributed by atoms with Crippen LogP contribution in [-0.2, 0) is 11.2 Å². The molecule has 0 aliphatic heterocycles.